The molecule has 5 rings (SSSR count). The van der Waals surface area contributed by atoms with E-state index in [-0.39, 0.29) is 47.7 Å². The van der Waals surface area contributed by atoms with Gasteiger partial charge in [0.05, 0.1) is 43.7 Å². The maximum absolute atomic E-state index is 12.3. The highest BCUT2D eigenvalue weighted by Crippen LogP contribution is 2.29. The number of imidazole rings is 2. The van der Waals surface area contributed by atoms with E-state index in [2.05, 4.69) is 64.3 Å². The maximum Gasteiger partial charge on any atom is 0.407 e. The number of amides is 2. The number of nitrogens with one attached hydrogen (secondary N) is 4. The number of methoxy groups -OCH3 is 2. The average Bonchev–Trinajstić information content (AvgIpc) is 3.65. The van der Waals surface area contributed by atoms with Gasteiger partial charge in [-0.3, -0.25) is 9.59 Å². The minimum absolute atomic E-state index is 0.0159. The van der Waals surface area contributed by atoms with Gasteiger partial charge in [-0.25, -0.2) is 19.6 Å². The summed E-state index contributed by atoms with van der Waals surface area (Å²) in [6, 6.07) is 18.3. The van der Waals surface area contributed by atoms with Gasteiger partial charge in [-0.2, -0.15) is 0 Å². The molecule has 14 heteroatoms. The van der Waals surface area contributed by atoms with Crippen molar-refractivity contribution in [2.75, 3.05) is 27.3 Å². The van der Waals surface area contributed by atoms with E-state index in [0.717, 1.165) is 44.2 Å². The summed E-state index contributed by atoms with van der Waals surface area (Å²) in [5.74, 6) is 0. The lowest BCUT2D eigenvalue weighted by atomic mass is 9.99. The molecule has 2 atom stereocenters. The lowest BCUT2D eigenvalue weighted by Crippen LogP contribution is -2.28. The molecule has 0 bridgehead atoms. The Morgan fingerprint density at radius 1 is 0.767 bits per heavy atom. The third kappa shape index (κ3) is 7.60. The number of benzene rings is 3. The number of rotatable bonds is 11. The van der Waals surface area contributed by atoms with E-state index in [4.69, 9.17) is 0 Å². The van der Waals surface area contributed by atoms with Crippen molar-refractivity contribution >= 4 is 73.3 Å². The van der Waals surface area contributed by atoms with Crippen molar-refractivity contribution in [3.63, 3.8) is 0 Å². The number of nitrogens with zero attached hydrogens (tertiary/aromatic N) is 2. The zero-order chi connectivity index (χ0) is 30.3. The van der Waals surface area contributed by atoms with E-state index in [1.807, 2.05) is 30.3 Å². The number of aromatic amines is 2. The van der Waals surface area contributed by atoms with Gasteiger partial charge in [-0.15, -0.1) is 0 Å². The van der Waals surface area contributed by atoms with Gasteiger partial charge < -0.3 is 30.1 Å². The van der Waals surface area contributed by atoms with Crippen LogP contribution in [0.2, 0.25) is 0 Å². The van der Waals surface area contributed by atoms with E-state index in [0.29, 0.717) is 11.1 Å². The van der Waals surface area contributed by atoms with Gasteiger partial charge in [0, 0.05) is 35.7 Å². The van der Waals surface area contributed by atoms with Crippen LogP contribution in [0.1, 0.15) is 6.42 Å². The molecule has 3 aromatic carbocycles. The molecule has 43 heavy (non-hydrogen) atoms. The number of fused-ring (bicyclic) bond motifs is 2. The van der Waals surface area contributed by atoms with Crippen molar-refractivity contribution in [3.05, 3.63) is 60.8 Å². The largest absolute Gasteiger partial charge is 0.453 e. The van der Waals surface area contributed by atoms with Gasteiger partial charge >= 0.3 is 12.2 Å². The molecule has 0 saturated heterocycles. The molecule has 2 aromatic heterocycles. The molecule has 0 aliphatic carbocycles. The van der Waals surface area contributed by atoms with Crippen molar-refractivity contribution in [3.8, 4) is 22.4 Å². The van der Waals surface area contributed by atoms with Crippen LogP contribution in [0.15, 0.2) is 60.8 Å². The first kappa shape index (κ1) is 29.8. The fourth-order valence-corrected chi connectivity index (χ4v) is 5.97. The highest BCUT2D eigenvalue weighted by atomic mass is 31.1. The lowest BCUT2D eigenvalue weighted by Gasteiger charge is -2.06. The fraction of sp³-hybridized carbons (Fsp3) is 0.172. The first-order valence-electron chi connectivity index (χ1n) is 13.1. The molecule has 0 aliphatic rings. The first-order valence-corrected chi connectivity index (χ1v) is 15.1. The zero-order valence-electron chi connectivity index (χ0n) is 23.2. The van der Waals surface area contributed by atoms with Gasteiger partial charge in [-0.05, 0) is 46.2 Å². The third-order valence-electron chi connectivity index (χ3n) is 6.44. The topological polar surface area (TPSA) is 168 Å². The average molecular weight is 619 g/mol. The minimum Gasteiger partial charge on any atom is -0.453 e. The van der Waals surface area contributed by atoms with E-state index in [1.54, 1.807) is 6.20 Å². The molecular weight excluding hydrogens is 590 g/mol. The minimum atomic E-state index is -0.651. The van der Waals surface area contributed by atoms with Crippen LogP contribution in [0.3, 0.4) is 0 Å². The number of carbonyl (C=O) groups is 4. The number of hydrogen-bond donors (Lipinski definition) is 4. The number of ether oxygens (including phenoxy) is 2. The molecule has 2 unspecified atom stereocenters. The van der Waals surface area contributed by atoms with Crippen LogP contribution in [0.25, 0.3) is 44.2 Å². The standard InChI is InChI=1S/C29H28N6O6P2/c1-40-28(38)30-10-9-24(36)42-27-33-21-8-7-19(13-22(21)34-27)17-3-4-18-12-20(6-5-16(18)11-17)23-14-31-26(35-23)43-25(37)15-32-29(39)41-2/h3-8,11-14,42-43H,9-10,15H2,1-2H3,(H,30,38)(H,31,35)(H,32,39)(H,33,34). The number of aromatic nitrogens is 4. The molecule has 5 aromatic rings. The molecule has 2 heterocycles. The summed E-state index contributed by atoms with van der Waals surface area (Å²) in [6.45, 7) is 0.0971. The molecule has 12 nitrogen and oxygen atoms in total. The molecule has 220 valence electrons. The summed E-state index contributed by atoms with van der Waals surface area (Å²) in [4.78, 5) is 62.1. The van der Waals surface area contributed by atoms with Crippen LogP contribution < -0.4 is 21.8 Å². The van der Waals surface area contributed by atoms with E-state index < -0.39 is 12.2 Å². The molecule has 2 amide bonds. The van der Waals surface area contributed by atoms with Crippen LogP contribution in [0.4, 0.5) is 9.59 Å². The van der Waals surface area contributed by atoms with Crippen molar-refractivity contribution in [1.29, 1.82) is 0 Å². The summed E-state index contributed by atoms with van der Waals surface area (Å²) in [6.07, 6.45) is 0.681. The van der Waals surface area contributed by atoms with E-state index >= 15 is 0 Å². The molecule has 0 aliphatic heterocycles. The monoisotopic (exact) mass is 618 g/mol. The SMILES string of the molecule is COC(=O)NCCC(=O)Pc1nc2ccc(-c3ccc4cc(-c5cnc(PC(=O)CNC(=O)OC)[nH]5)ccc4c3)cc2[nH]1. The summed E-state index contributed by atoms with van der Waals surface area (Å²) in [7, 11) is 2.16. The van der Waals surface area contributed by atoms with Crippen LogP contribution in [-0.4, -0.2) is 70.5 Å². The number of H-pyrrole nitrogens is 2. The molecule has 0 spiro atoms. The fourth-order valence-electron chi connectivity index (χ4n) is 4.32. The summed E-state index contributed by atoms with van der Waals surface area (Å²) >= 11 is 0. The Morgan fingerprint density at radius 2 is 1.42 bits per heavy atom. The number of carbonyl (C=O) groups excluding carboxylic acids is 4. The molecule has 0 saturated carbocycles. The van der Waals surface area contributed by atoms with Crippen LogP contribution in [0, 0.1) is 0 Å². The normalized spacial score (nSPS) is 11.5. The number of alkyl carbamates (subject to hydrolysis) is 2. The second-order valence-corrected chi connectivity index (χ2v) is 11.9. The van der Waals surface area contributed by atoms with Gasteiger partial charge in [0.2, 0.25) is 0 Å². The zero-order valence-corrected chi connectivity index (χ0v) is 25.2. The Morgan fingerprint density at radius 3 is 2.19 bits per heavy atom. The Balaban J connectivity index is 1.25. The van der Waals surface area contributed by atoms with Gasteiger partial charge in [0.15, 0.2) is 11.0 Å². The van der Waals surface area contributed by atoms with E-state index in [1.165, 1.54) is 14.2 Å². The van der Waals surface area contributed by atoms with Crippen molar-refractivity contribution in [2.45, 2.75) is 6.42 Å². The van der Waals surface area contributed by atoms with Crippen LogP contribution in [-0.2, 0) is 19.1 Å². The summed E-state index contributed by atoms with van der Waals surface area (Å²) in [5, 5.41) is 6.99. The summed E-state index contributed by atoms with van der Waals surface area (Å²) < 4.78 is 8.99. The van der Waals surface area contributed by atoms with Crippen molar-refractivity contribution in [1.82, 2.24) is 30.6 Å². The second kappa shape index (κ2) is 13.5. The Kier molecular flexibility index (Phi) is 9.39. The van der Waals surface area contributed by atoms with Crippen LogP contribution >= 0.6 is 17.2 Å². The lowest BCUT2D eigenvalue weighted by molar-refractivity contribution is -0.111. The van der Waals surface area contributed by atoms with Crippen LogP contribution in [0.5, 0.6) is 0 Å². The van der Waals surface area contributed by atoms with Crippen molar-refractivity contribution in [2.24, 2.45) is 0 Å². The molecular formula is C29H28N6O6P2. The van der Waals surface area contributed by atoms with E-state index in [9.17, 15) is 19.2 Å². The third-order valence-corrected chi connectivity index (χ3v) is 8.39. The predicted molar refractivity (Wildman–Crippen MR) is 168 cm³/mol. The number of hydrogen-bond acceptors (Lipinski definition) is 8. The molecule has 0 fully saturated rings. The Bertz CT molecular complexity index is 1830. The predicted octanol–water partition coefficient (Wildman–Crippen LogP) is 3.54. The molecule has 0 radical (unpaired) electrons. The van der Waals surface area contributed by atoms with Crippen molar-refractivity contribution < 1.29 is 28.7 Å². The smallest absolute Gasteiger partial charge is 0.407 e. The van der Waals surface area contributed by atoms with Gasteiger partial charge in [-0.1, -0.05) is 30.3 Å². The Hall–Kier alpha value is -4.66. The first-order chi connectivity index (χ1) is 20.8. The highest BCUT2D eigenvalue weighted by Gasteiger charge is 2.12. The Labute approximate surface area is 249 Å². The summed E-state index contributed by atoms with van der Waals surface area (Å²) in [5.41, 5.74) is 6.35. The molecule has 4 N–H and O–H groups in total. The van der Waals surface area contributed by atoms with Gasteiger partial charge in [0.25, 0.3) is 0 Å². The maximum atomic E-state index is 12.3. The van der Waals surface area contributed by atoms with Gasteiger partial charge in [0.1, 0.15) is 11.1 Å². The second-order valence-electron chi connectivity index (χ2n) is 9.35. The quantitative estimate of drug-likeness (QED) is 0.163. The highest BCUT2D eigenvalue weighted by molar-refractivity contribution is 7.65.